The number of nitrogens with two attached hydrogens (primary N) is 1. The van der Waals surface area contributed by atoms with E-state index < -0.39 is 0 Å². The molecule has 3 heteroatoms. The van der Waals surface area contributed by atoms with Crippen LogP contribution in [0, 0.1) is 0 Å². The van der Waals surface area contributed by atoms with Gasteiger partial charge in [-0.2, -0.15) is 0 Å². The van der Waals surface area contributed by atoms with Crippen LogP contribution >= 0.6 is 0 Å². The summed E-state index contributed by atoms with van der Waals surface area (Å²) in [5, 5.41) is 9.05. The highest BCUT2D eigenvalue weighted by Gasteiger charge is 2.20. The van der Waals surface area contributed by atoms with Crippen molar-refractivity contribution < 1.29 is 5.11 Å². The van der Waals surface area contributed by atoms with E-state index in [-0.39, 0.29) is 6.61 Å². The van der Waals surface area contributed by atoms with Crippen molar-refractivity contribution in [2.75, 3.05) is 17.2 Å². The summed E-state index contributed by atoms with van der Waals surface area (Å²) in [6, 6.07) is 14.2. The standard InChI is InChI=1S/C16H18N2O/c17-15-2-1-3-16-14(15)8-9-18(16)10-12-4-6-13(11-19)7-5-12/h1-7,19H,8-11,17H2. The third kappa shape index (κ3) is 2.29. The molecule has 0 fully saturated rings. The molecule has 0 atom stereocenters. The lowest BCUT2D eigenvalue weighted by Crippen LogP contribution is -2.19. The molecule has 2 aromatic carbocycles. The van der Waals surface area contributed by atoms with Crippen molar-refractivity contribution in [3.8, 4) is 0 Å². The van der Waals surface area contributed by atoms with Crippen LogP contribution in [0.5, 0.6) is 0 Å². The second-order valence-corrected chi connectivity index (χ2v) is 4.99. The van der Waals surface area contributed by atoms with Gasteiger partial charge in [0.2, 0.25) is 0 Å². The molecule has 19 heavy (non-hydrogen) atoms. The monoisotopic (exact) mass is 254 g/mol. The molecule has 0 radical (unpaired) electrons. The van der Waals surface area contributed by atoms with Gasteiger partial charge in [0.25, 0.3) is 0 Å². The highest BCUT2D eigenvalue weighted by atomic mass is 16.3. The van der Waals surface area contributed by atoms with Crippen LogP contribution in [0.25, 0.3) is 0 Å². The molecule has 0 amide bonds. The van der Waals surface area contributed by atoms with E-state index in [4.69, 9.17) is 10.8 Å². The van der Waals surface area contributed by atoms with E-state index in [0.29, 0.717) is 0 Å². The van der Waals surface area contributed by atoms with E-state index in [2.05, 4.69) is 23.1 Å². The topological polar surface area (TPSA) is 49.5 Å². The largest absolute Gasteiger partial charge is 0.398 e. The van der Waals surface area contributed by atoms with Crippen molar-refractivity contribution in [3.05, 3.63) is 59.2 Å². The molecule has 3 nitrogen and oxygen atoms in total. The normalized spacial score (nSPS) is 13.6. The molecule has 3 rings (SSSR count). The van der Waals surface area contributed by atoms with Gasteiger partial charge < -0.3 is 15.7 Å². The highest BCUT2D eigenvalue weighted by Crippen LogP contribution is 2.32. The van der Waals surface area contributed by atoms with Crippen LogP contribution in [0.4, 0.5) is 11.4 Å². The lowest BCUT2D eigenvalue weighted by atomic mass is 10.1. The van der Waals surface area contributed by atoms with E-state index in [9.17, 15) is 0 Å². The summed E-state index contributed by atoms with van der Waals surface area (Å²) in [5.41, 5.74) is 11.6. The summed E-state index contributed by atoms with van der Waals surface area (Å²) in [6.45, 7) is 2.01. The summed E-state index contributed by atoms with van der Waals surface area (Å²) in [6.07, 6.45) is 1.02. The quantitative estimate of drug-likeness (QED) is 0.826. The molecule has 98 valence electrons. The SMILES string of the molecule is Nc1cccc2c1CCN2Cc1ccc(CO)cc1. The molecule has 0 saturated carbocycles. The van der Waals surface area contributed by atoms with Crippen LogP contribution < -0.4 is 10.6 Å². The Labute approximate surface area is 113 Å². The van der Waals surface area contributed by atoms with Gasteiger partial charge >= 0.3 is 0 Å². The fourth-order valence-electron chi connectivity index (χ4n) is 2.66. The molecule has 0 aromatic heterocycles. The van der Waals surface area contributed by atoms with Crippen molar-refractivity contribution in [1.29, 1.82) is 0 Å². The smallest absolute Gasteiger partial charge is 0.0681 e. The first kappa shape index (κ1) is 12.1. The van der Waals surface area contributed by atoms with Crippen molar-refractivity contribution >= 4 is 11.4 Å². The third-order valence-electron chi connectivity index (χ3n) is 3.74. The maximum absolute atomic E-state index is 9.05. The fourth-order valence-corrected chi connectivity index (χ4v) is 2.66. The van der Waals surface area contributed by atoms with Crippen LogP contribution in [0.1, 0.15) is 16.7 Å². The molecule has 0 aliphatic carbocycles. The number of aliphatic hydroxyl groups excluding tert-OH is 1. The maximum Gasteiger partial charge on any atom is 0.0681 e. The molecular weight excluding hydrogens is 236 g/mol. The van der Waals surface area contributed by atoms with Crippen molar-refractivity contribution in [2.45, 2.75) is 19.6 Å². The van der Waals surface area contributed by atoms with Crippen LogP contribution in [0.3, 0.4) is 0 Å². The molecule has 2 aromatic rings. The summed E-state index contributed by atoms with van der Waals surface area (Å²) in [5.74, 6) is 0. The molecule has 0 spiro atoms. The minimum atomic E-state index is 0.101. The van der Waals surface area contributed by atoms with E-state index in [0.717, 1.165) is 30.8 Å². The van der Waals surface area contributed by atoms with Gasteiger partial charge in [-0.15, -0.1) is 0 Å². The average Bonchev–Trinajstić information content (AvgIpc) is 2.84. The maximum atomic E-state index is 9.05. The number of benzene rings is 2. The Balaban J connectivity index is 1.80. The molecule has 1 heterocycles. The van der Waals surface area contributed by atoms with Crippen molar-refractivity contribution in [3.63, 3.8) is 0 Å². The molecular formula is C16H18N2O. The van der Waals surface area contributed by atoms with Crippen molar-refractivity contribution in [1.82, 2.24) is 0 Å². The summed E-state index contributed by atoms with van der Waals surface area (Å²) >= 11 is 0. The second-order valence-electron chi connectivity index (χ2n) is 4.99. The number of hydrogen-bond donors (Lipinski definition) is 2. The number of nitrogens with zero attached hydrogens (tertiary/aromatic N) is 1. The lowest BCUT2D eigenvalue weighted by Gasteiger charge is -2.19. The van der Waals surface area contributed by atoms with E-state index >= 15 is 0 Å². The summed E-state index contributed by atoms with van der Waals surface area (Å²) < 4.78 is 0. The van der Waals surface area contributed by atoms with Gasteiger partial charge in [-0.25, -0.2) is 0 Å². The van der Waals surface area contributed by atoms with E-state index in [1.165, 1.54) is 16.8 Å². The van der Waals surface area contributed by atoms with Gasteiger partial charge in [-0.3, -0.25) is 0 Å². The fraction of sp³-hybridized carbons (Fsp3) is 0.250. The Kier molecular flexibility index (Phi) is 3.13. The lowest BCUT2D eigenvalue weighted by molar-refractivity contribution is 0.282. The molecule has 0 bridgehead atoms. The zero-order valence-electron chi connectivity index (χ0n) is 10.8. The van der Waals surface area contributed by atoms with Crippen LogP contribution in [0.15, 0.2) is 42.5 Å². The van der Waals surface area contributed by atoms with Crippen LogP contribution in [0.2, 0.25) is 0 Å². The highest BCUT2D eigenvalue weighted by molar-refractivity contribution is 5.68. The average molecular weight is 254 g/mol. The van der Waals surface area contributed by atoms with E-state index in [1.807, 2.05) is 24.3 Å². The van der Waals surface area contributed by atoms with Crippen LogP contribution in [-0.4, -0.2) is 11.7 Å². The molecule has 0 saturated heterocycles. The first-order valence-electron chi connectivity index (χ1n) is 6.59. The molecule has 1 aliphatic rings. The number of aliphatic hydroxyl groups is 1. The number of hydrogen-bond acceptors (Lipinski definition) is 3. The Morgan fingerprint density at radius 1 is 1.05 bits per heavy atom. The summed E-state index contributed by atoms with van der Waals surface area (Å²) in [4.78, 5) is 2.36. The van der Waals surface area contributed by atoms with Gasteiger partial charge in [0.15, 0.2) is 0 Å². The van der Waals surface area contributed by atoms with Gasteiger partial charge in [0.1, 0.15) is 0 Å². The van der Waals surface area contributed by atoms with Crippen molar-refractivity contribution in [2.24, 2.45) is 0 Å². The molecule has 3 N–H and O–H groups in total. The Bertz CT molecular complexity index is 578. The predicted molar refractivity (Wildman–Crippen MR) is 78.0 cm³/mol. The second kappa shape index (κ2) is 4.94. The van der Waals surface area contributed by atoms with Gasteiger partial charge in [0.05, 0.1) is 6.61 Å². The number of nitrogen functional groups attached to an aromatic ring is 1. The zero-order chi connectivity index (χ0) is 13.2. The van der Waals surface area contributed by atoms with Gasteiger partial charge in [0, 0.05) is 30.0 Å². The Morgan fingerprint density at radius 2 is 1.79 bits per heavy atom. The Morgan fingerprint density at radius 3 is 2.53 bits per heavy atom. The number of anilines is 2. The van der Waals surface area contributed by atoms with Crippen LogP contribution in [-0.2, 0) is 19.6 Å². The minimum absolute atomic E-state index is 0.101. The first-order chi connectivity index (χ1) is 9.28. The van der Waals surface area contributed by atoms with E-state index in [1.54, 1.807) is 0 Å². The van der Waals surface area contributed by atoms with Gasteiger partial charge in [-0.05, 0) is 29.7 Å². The third-order valence-corrected chi connectivity index (χ3v) is 3.74. The minimum Gasteiger partial charge on any atom is -0.398 e. The number of rotatable bonds is 3. The number of fused-ring (bicyclic) bond motifs is 1. The van der Waals surface area contributed by atoms with Gasteiger partial charge in [-0.1, -0.05) is 30.3 Å². The Hall–Kier alpha value is -2.00. The first-order valence-corrected chi connectivity index (χ1v) is 6.59. The molecule has 0 unspecified atom stereocenters. The summed E-state index contributed by atoms with van der Waals surface area (Å²) in [7, 11) is 0. The molecule has 1 aliphatic heterocycles. The predicted octanol–water partition coefficient (Wildman–Crippen LogP) is 2.32. The zero-order valence-corrected chi connectivity index (χ0v) is 10.8.